The summed E-state index contributed by atoms with van der Waals surface area (Å²) in [4.78, 5) is 22.9. The van der Waals surface area contributed by atoms with Crippen LogP contribution in [-0.4, -0.2) is 51.4 Å². The Morgan fingerprint density at radius 2 is 1.63 bits per heavy atom. The third-order valence-electron chi connectivity index (χ3n) is 11.0. The third kappa shape index (κ3) is 5.31. The summed E-state index contributed by atoms with van der Waals surface area (Å²) in [5.41, 5.74) is 8.82. The van der Waals surface area contributed by atoms with E-state index in [-0.39, 0.29) is 35.9 Å². The molecule has 0 unspecified atom stereocenters. The number of fused-ring (bicyclic) bond motifs is 2. The Hall–Kier alpha value is -3.36. The Balaban J connectivity index is 1.18. The van der Waals surface area contributed by atoms with E-state index in [1.807, 2.05) is 33.9 Å². The molecular weight excluding hydrogens is 573 g/mol. The summed E-state index contributed by atoms with van der Waals surface area (Å²) in [5.74, 6) is 0.737. The van der Waals surface area contributed by atoms with Gasteiger partial charge in [-0.05, 0) is 120 Å². The first-order valence-corrected chi connectivity index (χ1v) is 17.0. The molecule has 2 fully saturated rings. The molecule has 1 saturated carbocycles. The van der Waals surface area contributed by atoms with Crippen LogP contribution in [0.1, 0.15) is 110 Å². The highest BCUT2D eigenvalue weighted by Crippen LogP contribution is 2.53. The summed E-state index contributed by atoms with van der Waals surface area (Å²) in [5, 5.41) is 0. The summed E-state index contributed by atoms with van der Waals surface area (Å²) in [6.07, 6.45) is 11.0. The minimum Gasteiger partial charge on any atom is -0.444 e. The summed E-state index contributed by atoms with van der Waals surface area (Å²) in [6, 6.07) is 13.1. The van der Waals surface area contributed by atoms with Gasteiger partial charge in [-0.3, -0.25) is 4.90 Å². The normalized spacial score (nSPS) is 22.9. The molecule has 2 aromatic carbocycles. The van der Waals surface area contributed by atoms with E-state index in [0.717, 1.165) is 29.1 Å². The van der Waals surface area contributed by atoms with Gasteiger partial charge in [-0.1, -0.05) is 60.9 Å². The van der Waals surface area contributed by atoms with Gasteiger partial charge >= 0.3 is 13.2 Å². The van der Waals surface area contributed by atoms with Crippen molar-refractivity contribution in [3.8, 4) is 22.4 Å². The van der Waals surface area contributed by atoms with Crippen molar-refractivity contribution in [1.29, 1.82) is 0 Å². The number of amides is 1. The van der Waals surface area contributed by atoms with Crippen molar-refractivity contribution < 1.29 is 18.8 Å². The van der Waals surface area contributed by atoms with E-state index >= 15 is 0 Å². The van der Waals surface area contributed by atoms with E-state index in [1.54, 1.807) is 4.90 Å². The van der Waals surface area contributed by atoms with E-state index in [0.29, 0.717) is 6.54 Å². The molecule has 3 heterocycles. The zero-order chi connectivity index (χ0) is 32.6. The molecule has 1 aromatic heterocycles. The Bertz CT molecular complexity index is 1680. The van der Waals surface area contributed by atoms with Crippen molar-refractivity contribution >= 4 is 18.7 Å². The van der Waals surface area contributed by atoms with Crippen LogP contribution in [0.3, 0.4) is 0 Å². The quantitative estimate of drug-likeness (QED) is 0.236. The summed E-state index contributed by atoms with van der Waals surface area (Å²) >= 11 is 0. The zero-order valence-corrected chi connectivity index (χ0v) is 28.8. The largest absolute Gasteiger partial charge is 0.495 e. The van der Waals surface area contributed by atoms with E-state index < -0.39 is 5.60 Å². The number of aromatic amines is 1. The van der Waals surface area contributed by atoms with E-state index in [1.165, 1.54) is 59.8 Å². The SMILES string of the molecule is CC1=C[C@@H](c2ncc(-c3ccc(-c4ccc(B5OC(C)(C)C(C)(C)O5)c5c4C4(CCCC4)CC5)cc3)[nH]2)N(C(=O)OC(C)(C)C)C1. The number of H-pyrrole nitrogens is 1. The molecule has 46 heavy (non-hydrogen) atoms. The molecular formula is C38H48BN3O4. The summed E-state index contributed by atoms with van der Waals surface area (Å²) < 4.78 is 18.8. The lowest BCUT2D eigenvalue weighted by Crippen LogP contribution is -2.41. The molecule has 7 nitrogen and oxygen atoms in total. The molecule has 2 aliphatic heterocycles. The lowest BCUT2D eigenvalue weighted by Gasteiger charge is -2.32. The standard InChI is InChI=1S/C38H48BN3O4/c1-24-21-31(42(23-24)34(43)44-35(2,3)4)33-40-22-30(41-33)26-13-11-25(12-14-26)27-15-16-29(39-45-36(5,6)37(7,8)46-39)28-17-20-38(32(27)28)18-9-10-19-38/h11-16,21-22,31H,9-10,17-20,23H2,1-8H3,(H,40,41)/t31-/m0/s1. The summed E-state index contributed by atoms with van der Waals surface area (Å²) in [7, 11) is -0.342. The average molecular weight is 622 g/mol. The Morgan fingerprint density at radius 1 is 0.978 bits per heavy atom. The molecule has 1 N–H and O–H groups in total. The number of nitrogens with one attached hydrogen (secondary N) is 1. The van der Waals surface area contributed by atoms with Gasteiger partial charge in [0.05, 0.1) is 23.1 Å². The monoisotopic (exact) mass is 621 g/mol. The van der Waals surface area contributed by atoms with Crippen molar-refractivity contribution in [1.82, 2.24) is 14.9 Å². The number of rotatable bonds is 4. The molecule has 2 aliphatic carbocycles. The fourth-order valence-corrected chi connectivity index (χ4v) is 7.98. The van der Waals surface area contributed by atoms with Crippen molar-refractivity contribution in [3.05, 3.63) is 71.2 Å². The highest BCUT2D eigenvalue weighted by atomic mass is 16.7. The number of aromatic nitrogens is 2. The first-order valence-electron chi connectivity index (χ1n) is 17.0. The third-order valence-corrected chi connectivity index (χ3v) is 11.0. The Morgan fingerprint density at radius 3 is 2.28 bits per heavy atom. The maximum absolute atomic E-state index is 13.0. The van der Waals surface area contributed by atoms with Crippen LogP contribution in [0.5, 0.6) is 0 Å². The van der Waals surface area contributed by atoms with Crippen LogP contribution in [0.15, 0.2) is 54.2 Å². The number of benzene rings is 2. The van der Waals surface area contributed by atoms with Gasteiger partial charge < -0.3 is 19.0 Å². The molecule has 1 saturated heterocycles. The average Bonchev–Trinajstić information content (AvgIpc) is 3.81. The maximum Gasteiger partial charge on any atom is 0.495 e. The van der Waals surface area contributed by atoms with Gasteiger partial charge in [0.1, 0.15) is 17.5 Å². The summed E-state index contributed by atoms with van der Waals surface area (Å²) in [6.45, 7) is 16.8. The molecule has 1 spiro atoms. The number of carbonyl (C=O) groups excluding carboxylic acids is 1. The minimum absolute atomic E-state index is 0.244. The number of hydrogen-bond donors (Lipinski definition) is 1. The molecule has 4 aliphatic rings. The second-order valence-electron chi connectivity index (χ2n) is 16.0. The van der Waals surface area contributed by atoms with Crippen LogP contribution in [-0.2, 0) is 25.9 Å². The number of hydrogen-bond acceptors (Lipinski definition) is 5. The lowest BCUT2D eigenvalue weighted by molar-refractivity contribution is 0.00578. The fraction of sp³-hybridized carbons (Fsp3) is 0.526. The number of nitrogens with zero attached hydrogens (tertiary/aromatic N) is 2. The van der Waals surface area contributed by atoms with Crippen LogP contribution < -0.4 is 5.46 Å². The van der Waals surface area contributed by atoms with E-state index in [9.17, 15) is 4.79 Å². The zero-order valence-electron chi connectivity index (χ0n) is 28.8. The molecule has 8 heteroatoms. The molecule has 7 rings (SSSR count). The van der Waals surface area contributed by atoms with Crippen molar-refractivity contribution in [2.24, 2.45) is 0 Å². The van der Waals surface area contributed by atoms with Crippen LogP contribution in [0.2, 0.25) is 0 Å². The van der Waals surface area contributed by atoms with Crippen molar-refractivity contribution in [2.75, 3.05) is 6.54 Å². The molecule has 0 radical (unpaired) electrons. The highest BCUT2D eigenvalue weighted by molar-refractivity contribution is 6.62. The first kappa shape index (κ1) is 31.3. The second kappa shape index (κ2) is 10.8. The van der Waals surface area contributed by atoms with Crippen LogP contribution in [0, 0.1) is 0 Å². The van der Waals surface area contributed by atoms with E-state index in [2.05, 4.69) is 75.2 Å². The predicted octanol–water partition coefficient (Wildman–Crippen LogP) is 8.04. The fourth-order valence-electron chi connectivity index (χ4n) is 7.98. The number of carbonyl (C=O) groups is 1. The highest BCUT2D eigenvalue weighted by Gasteiger charge is 2.53. The smallest absolute Gasteiger partial charge is 0.444 e. The van der Waals surface area contributed by atoms with Gasteiger partial charge in [0, 0.05) is 6.54 Å². The molecule has 1 atom stereocenters. The second-order valence-corrected chi connectivity index (χ2v) is 16.0. The van der Waals surface area contributed by atoms with E-state index in [4.69, 9.17) is 19.0 Å². The van der Waals surface area contributed by atoms with Crippen LogP contribution >= 0.6 is 0 Å². The van der Waals surface area contributed by atoms with Crippen LogP contribution in [0.4, 0.5) is 4.79 Å². The first-order chi connectivity index (χ1) is 21.7. The van der Waals surface area contributed by atoms with Crippen molar-refractivity contribution in [2.45, 2.75) is 122 Å². The van der Waals surface area contributed by atoms with Gasteiger partial charge in [-0.25, -0.2) is 9.78 Å². The lowest BCUT2D eigenvalue weighted by atomic mass is 9.70. The van der Waals surface area contributed by atoms with Gasteiger partial charge in [-0.2, -0.15) is 0 Å². The van der Waals surface area contributed by atoms with Crippen LogP contribution in [0.25, 0.3) is 22.4 Å². The Kier molecular flexibility index (Phi) is 7.37. The minimum atomic E-state index is -0.558. The topological polar surface area (TPSA) is 76.7 Å². The maximum atomic E-state index is 13.0. The molecule has 0 bridgehead atoms. The van der Waals surface area contributed by atoms with Gasteiger partial charge in [0.15, 0.2) is 0 Å². The number of imidazole rings is 1. The molecule has 1 amide bonds. The number of ether oxygens (including phenoxy) is 1. The van der Waals surface area contributed by atoms with Gasteiger partial charge in [0.2, 0.25) is 0 Å². The van der Waals surface area contributed by atoms with Crippen molar-refractivity contribution in [3.63, 3.8) is 0 Å². The molecule has 3 aromatic rings. The van der Waals surface area contributed by atoms with Gasteiger partial charge in [-0.15, -0.1) is 0 Å². The molecule has 242 valence electrons. The Labute approximate surface area is 274 Å². The predicted molar refractivity (Wildman–Crippen MR) is 183 cm³/mol. The van der Waals surface area contributed by atoms with Gasteiger partial charge in [0.25, 0.3) is 0 Å².